The summed E-state index contributed by atoms with van der Waals surface area (Å²) in [7, 11) is 0. The highest BCUT2D eigenvalue weighted by Crippen LogP contribution is 2.12. The highest BCUT2D eigenvalue weighted by atomic mass is 79.9. The third kappa shape index (κ3) is 6.03. The average molecular weight is 432 g/mol. The molecule has 6 heteroatoms. The van der Waals surface area contributed by atoms with Gasteiger partial charge in [0.2, 0.25) is 0 Å². The molecule has 0 unspecified atom stereocenters. The van der Waals surface area contributed by atoms with Crippen LogP contribution in [-0.2, 0) is 9.53 Å². The first-order valence-electron chi connectivity index (χ1n) is 8.61. The molecule has 0 radical (unpaired) electrons. The minimum absolute atomic E-state index is 0.189. The molecule has 1 N–H and O–H groups in total. The number of halogens is 1. The molecule has 2 aromatic carbocycles. The SMILES string of the molecule is Cc1ccc(C(=O)COC(=O)[C@@H](NC(=O)c2ccc(Br)cc2)C(C)C)cc1. The van der Waals surface area contributed by atoms with Gasteiger partial charge in [0.1, 0.15) is 6.04 Å². The van der Waals surface area contributed by atoms with Crippen molar-refractivity contribution in [3.05, 3.63) is 69.7 Å². The molecule has 0 saturated heterocycles. The second kappa shape index (κ2) is 9.46. The average Bonchev–Trinajstić information content (AvgIpc) is 2.64. The van der Waals surface area contributed by atoms with Crippen molar-refractivity contribution in [1.82, 2.24) is 5.32 Å². The summed E-state index contributed by atoms with van der Waals surface area (Å²) in [5, 5.41) is 2.68. The normalized spacial score (nSPS) is 11.7. The highest BCUT2D eigenvalue weighted by Gasteiger charge is 2.26. The number of amides is 1. The number of ketones is 1. The van der Waals surface area contributed by atoms with E-state index in [0.29, 0.717) is 11.1 Å². The Labute approximate surface area is 167 Å². The lowest BCUT2D eigenvalue weighted by Gasteiger charge is -2.20. The van der Waals surface area contributed by atoms with E-state index in [1.807, 2.05) is 19.1 Å². The maximum Gasteiger partial charge on any atom is 0.329 e. The van der Waals surface area contributed by atoms with Crippen LogP contribution >= 0.6 is 15.9 Å². The van der Waals surface area contributed by atoms with Gasteiger partial charge in [-0.2, -0.15) is 0 Å². The van der Waals surface area contributed by atoms with Crippen molar-refractivity contribution in [1.29, 1.82) is 0 Å². The summed E-state index contributed by atoms with van der Waals surface area (Å²) in [5.41, 5.74) is 1.96. The molecule has 0 aliphatic heterocycles. The number of ether oxygens (including phenoxy) is 1. The number of hydrogen-bond donors (Lipinski definition) is 1. The van der Waals surface area contributed by atoms with Crippen LogP contribution in [0.1, 0.15) is 40.1 Å². The van der Waals surface area contributed by atoms with Crippen molar-refractivity contribution in [3.8, 4) is 0 Å². The van der Waals surface area contributed by atoms with E-state index in [1.165, 1.54) is 0 Å². The predicted octanol–water partition coefficient (Wildman–Crippen LogP) is 3.94. The standard InChI is InChI=1S/C21H22BrNO4/c1-13(2)19(23-20(25)16-8-10-17(22)11-9-16)21(26)27-12-18(24)15-6-4-14(3)5-7-15/h4-11,13,19H,12H2,1-3H3,(H,23,25)/t19-/m0/s1. The molecule has 1 atom stereocenters. The zero-order valence-corrected chi connectivity index (χ0v) is 17.1. The molecule has 142 valence electrons. The summed E-state index contributed by atoms with van der Waals surface area (Å²) in [4.78, 5) is 36.9. The van der Waals surface area contributed by atoms with Gasteiger partial charge in [-0.05, 0) is 37.1 Å². The molecule has 0 aliphatic rings. The van der Waals surface area contributed by atoms with Crippen LogP contribution in [0.5, 0.6) is 0 Å². The van der Waals surface area contributed by atoms with Crippen molar-refractivity contribution >= 4 is 33.6 Å². The molecule has 0 saturated carbocycles. The Hall–Kier alpha value is -2.47. The number of rotatable bonds is 7. The van der Waals surface area contributed by atoms with E-state index >= 15 is 0 Å². The lowest BCUT2D eigenvalue weighted by atomic mass is 10.0. The Bertz CT molecular complexity index is 813. The van der Waals surface area contributed by atoms with E-state index in [-0.39, 0.29) is 24.2 Å². The topological polar surface area (TPSA) is 72.5 Å². The molecule has 0 heterocycles. The molecule has 0 aromatic heterocycles. The van der Waals surface area contributed by atoms with Crippen molar-refractivity contribution < 1.29 is 19.1 Å². The van der Waals surface area contributed by atoms with E-state index in [1.54, 1.807) is 50.2 Å². The monoisotopic (exact) mass is 431 g/mol. The van der Waals surface area contributed by atoms with Crippen molar-refractivity contribution in [3.63, 3.8) is 0 Å². The number of carbonyl (C=O) groups excluding carboxylic acids is 3. The summed E-state index contributed by atoms with van der Waals surface area (Å²) in [6, 6.07) is 13.0. The fraction of sp³-hybridized carbons (Fsp3) is 0.286. The Balaban J connectivity index is 1.97. The van der Waals surface area contributed by atoms with Gasteiger partial charge in [0.25, 0.3) is 5.91 Å². The van der Waals surface area contributed by atoms with E-state index in [9.17, 15) is 14.4 Å². The van der Waals surface area contributed by atoms with E-state index in [2.05, 4.69) is 21.2 Å². The van der Waals surface area contributed by atoms with Crippen LogP contribution in [0.15, 0.2) is 53.0 Å². The Kier molecular flexibility index (Phi) is 7.30. The fourth-order valence-corrected chi connectivity index (χ4v) is 2.64. The van der Waals surface area contributed by atoms with Gasteiger partial charge >= 0.3 is 5.97 Å². The van der Waals surface area contributed by atoms with Gasteiger partial charge in [0.15, 0.2) is 12.4 Å². The van der Waals surface area contributed by atoms with Crippen LogP contribution in [0.4, 0.5) is 0 Å². The Morgan fingerprint density at radius 2 is 1.52 bits per heavy atom. The Morgan fingerprint density at radius 1 is 0.963 bits per heavy atom. The van der Waals surface area contributed by atoms with E-state index in [4.69, 9.17) is 4.74 Å². The summed E-state index contributed by atoms with van der Waals surface area (Å²) >= 11 is 3.31. The first-order valence-corrected chi connectivity index (χ1v) is 9.40. The van der Waals surface area contributed by atoms with Crippen LogP contribution in [-0.4, -0.2) is 30.3 Å². The number of carbonyl (C=O) groups is 3. The van der Waals surface area contributed by atoms with Crippen LogP contribution in [0.3, 0.4) is 0 Å². The molecule has 0 spiro atoms. The van der Waals surface area contributed by atoms with Crippen molar-refractivity contribution in [2.24, 2.45) is 5.92 Å². The molecular formula is C21H22BrNO4. The van der Waals surface area contributed by atoms with Gasteiger partial charge in [-0.15, -0.1) is 0 Å². The largest absolute Gasteiger partial charge is 0.456 e. The molecular weight excluding hydrogens is 410 g/mol. The van der Waals surface area contributed by atoms with Gasteiger partial charge in [-0.1, -0.05) is 59.6 Å². The third-order valence-electron chi connectivity index (χ3n) is 4.03. The number of esters is 1. The number of Topliss-reactive ketones (excluding diaryl/α,β-unsaturated/α-hetero) is 1. The highest BCUT2D eigenvalue weighted by molar-refractivity contribution is 9.10. The summed E-state index contributed by atoms with van der Waals surface area (Å²) in [6.45, 7) is 5.17. The van der Waals surface area contributed by atoms with Crippen LogP contribution in [0.25, 0.3) is 0 Å². The lowest BCUT2D eigenvalue weighted by molar-refractivity contribution is -0.145. The minimum atomic E-state index is -0.841. The molecule has 2 aromatic rings. The van der Waals surface area contributed by atoms with Crippen molar-refractivity contribution in [2.45, 2.75) is 26.8 Å². The Morgan fingerprint density at radius 3 is 2.07 bits per heavy atom. The van der Waals surface area contributed by atoms with Gasteiger partial charge in [-0.25, -0.2) is 4.79 Å². The quantitative estimate of drug-likeness (QED) is 0.532. The zero-order chi connectivity index (χ0) is 20.0. The van der Waals surface area contributed by atoms with Crippen LogP contribution < -0.4 is 5.32 Å². The van der Waals surface area contributed by atoms with Gasteiger partial charge in [0, 0.05) is 15.6 Å². The smallest absolute Gasteiger partial charge is 0.329 e. The van der Waals surface area contributed by atoms with Crippen LogP contribution in [0, 0.1) is 12.8 Å². The molecule has 1 amide bonds. The van der Waals surface area contributed by atoms with E-state index in [0.717, 1.165) is 10.0 Å². The van der Waals surface area contributed by atoms with Gasteiger partial charge in [0.05, 0.1) is 0 Å². The molecule has 27 heavy (non-hydrogen) atoms. The number of nitrogens with one attached hydrogen (secondary N) is 1. The third-order valence-corrected chi connectivity index (χ3v) is 4.56. The van der Waals surface area contributed by atoms with Crippen LogP contribution in [0.2, 0.25) is 0 Å². The first-order chi connectivity index (χ1) is 12.8. The lowest BCUT2D eigenvalue weighted by Crippen LogP contribution is -2.45. The molecule has 0 bridgehead atoms. The van der Waals surface area contributed by atoms with Crippen molar-refractivity contribution in [2.75, 3.05) is 6.61 Å². The predicted molar refractivity (Wildman–Crippen MR) is 107 cm³/mol. The molecule has 0 fully saturated rings. The number of benzene rings is 2. The minimum Gasteiger partial charge on any atom is -0.456 e. The zero-order valence-electron chi connectivity index (χ0n) is 15.5. The molecule has 0 aliphatic carbocycles. The summed E-state index contributed by atoms with van der Waals surface area (Å²) in [5.74, 6) is -1.48. The van der Waals surface area contributed by atoms with E-state index < -0.39 is 12.0 Å². The fourth-order valence-electron chi connectivity index (χ4n) is 2.37. The van der Waals surface area contributed by atoms with Gasteiger partial charge < -0.3 is 10.1 Å². The second-order valence-corrected chi connectivity index (χ2v) is 7.51. The van der Waals surface area contributed by atoms with Gasteiger partial charge in [-0.3, -0.25) is 9.59 Å². The number of aryl methyl sites for hydroxylation is 1. The second-order valence-electron chi connectivity index (χ2n) is 6.60. The maximum atomic E-state index is 12.4. The number of hydrogen-bond acceptors (Lipinski definition) is 4. The maximum absolute atomic E-state index is 12.4. The molecule has 5 nitrogen and oxygen atoms in total. The first kappa shape index (κ1) is 20.8. The summed E-state index contributed by atoms with van der Waals surface area (Å²) < 4.78 is 6.01. The molecule has 2 rings (SSSR count). The summed E-state index contributed by atoms with van der Waals surface area (Å²) in [6.07, 6.45) is 0.